The van der Waals surface area contributed by atoms with Crippen molar-refractivity contribution in [2.24, 2.45) is 0 Å². The monoisotopic (exact) mass is 449 g/mol. The zero-order chi connectivity index (χ0) is 22.3. The Morgan fingerprint density at radius 3 is 2.55 bits per heavy atom. The highest BCUT2D eigenvalue weighted by Gasteiger charge is 2.32. The molecule has 4 rings (SSSR count). The van der Waals surface area contributed by atoms with E-state index in [0.29, 0.717) is 37.7 Å². The molecule has 1 aromatic heterocycles. The minimum Gasteiger partial charge on any atom is -0.507 e. The molecule has 0 saturated carbocycles. The molecule has 9 nitrogen and oxygen atoms in total. The van der Waals surface area contributed by atoms with Crippen LogP contribution in [0, 0.1) is 5.82 Å². The molecule has 1 aromatic carbocycles. The number of hydrogen-bond acceptors (Lipinski definition) is 7. The SMILES string of the molecule is CS(=O)(=O)C1=CN(C(=O)O)Cc2c(-c3cc(F)ccc3O)cc(N3CCOCC3)nc21. The van der Waals surface area contributed by atoms with E-state index >= 15 is 0 Å². The number of pyridine rings is 1. The number of halogens is 1. The smallest absolute Gasteiger partial charge is 0.411 e. The van der Waals surface area contributed by atoms with E-state index in [4.69, 9.17) is 4.74 Å². The van der Waals surface area contributed by atoms with E-state index in [1.165, 1.54) is 6.07 Å². The third-order valence-corrected chi connectivity index (χ3v) is 6.27. The van der Waals surface area contributed by atoms with Crippen LogP contribution in [0.1, 0.15) is 11.3 Å². The predicted octanol–water partition coefficient (Wildman–Crippen LogP) is 2.27. The number of sulfone groups is 1. The fraction of sp³-hybridized carbons (Fsp3) is 0.300. The summed E-state index contributed by atoms with van der Waals surface area (Å²) in [6, 6.07) is 5.03. The third-order valence-electron chi connectivity index (χ3n) is 5.17. The van der Waals surface area contributed by atoms with Crippen LogP contribution in [0.15, 0.2) is 30.5 Å². The van der Waals surface area contributed by atoms with Crippen molar-refractivity contribution in [1.82, 2.24) is 9.88 Å². The molecule has 11 heteroatoms. The van der Waals surface area contributed by atoms with Gasteiger partial charge < -0.3 is 19.8 Å². The van der Waals surface area contributed by atoms with Crippen LogP contribution in [0.4, 0.5) is 15.0 Å². The zero-order valence-electron chi connectivity index (χ0n) is 16.6. The number of ether oxygens (including phenoxy) is 1. The van der Waals surface area contributed by atoms with Gasteiger partial charge in [0.2, 0.25) is 0 Å². The van der Waals surface area contributed by atoms with Crippen molar-refractivity contribution < 1.29 is 32.6 Å². The second kappa shape index (κ2) is 7.82. The average molecular weight is 449 g/mol. The van der Waals surface area contributed by atoms with Gasteiger partial charge in [-0.05, 0) is 29.8 Å². The Hall–Kier alpha value is -3.18. The van der Waals surface area contributed by atoms with Crippen LogP contribution >= 0.6 is 0 Å². The van der Waals surface area contributed by atoms with Gasteiger partial charge in [-0.25, -0.2) is 22.6 Å². The molecular weight excluding hydrogens is 429 g/mol. The van der Waals surface area contributed by atoms with E-state index < -0.39 is 21.7 Å². The fourth-order valence-electron chi connectivity index (χ4n) is 3.65. The van der Waals surface area contributed by atoms with Gasteiger partial charge in [0.25, 0.3) is 0 Å². The van der Waals surface area contributed by atoms with Crippen molar-refractivity contribution in [2.75, 3.05) is 37.5 Å². The van der Waals surface area contributed by atoms with Gasteiger partial charge in [-0.1, -0.05) is 0 Å². The molecule has 1 fully saturated rings. The van der Waals surface area contributed by atoms with Crippen molar-refractivity contribution in [3.63, 3.8) is 0 Å². The van der Waals surface area contributed by atoms with Crippen LogP contribution in [-0.2, 0) is 21.1 Å². The summed E-state index contributed by atoms with van der Waals surface area (Å²) in [4.78, 5) is 18.7. The summed E-state index contributed by atoms with van der Waals surface area (Å²) in [7, 11) is -3.86. The van der Waals surface area contributed by atoms with E-state index in [1.807, 2.05) is 4.90 Å². The number of benzene rings is 1. The minimum absolute atomic E-state index is 0.0858. The average Bonchev–Trinajstić information content (AvgIpc) is 2.73. The summed E-state index contributed by atoms with van der Waals surface area (Å²) in [6.07, 6.45) is 0.653. The zero-order valence-corrected chi connectivity index (χ0v) is 17.4. The molecule has 0 radical (unpaired) electrons. The molecule has 0 spiro atoms. The lowest BCUT2D eigenvalue weighted by atomic mass is 9.95. The van der Waals surface area contributed by atoms with Gasteiger partial charge >= 0.3 is 6.09 Å². The minimum atomic E-state index is -3.86. The van der Waals surface area contributed by atoms with Gasteiger partial charge in [-0.2, -0.15) is 0 Å². The van der Waals surface area contributed by atoms with Crippen LogP contribution < -0.4 is 4.90 Å². The lowest BCUT2D eigenvalue weighted by molar-refractivity contribution is 0.122. The molecule has 0 unspecified atom stereocenters. The Morgan fingerprint density at radius 2 is 1.90 bits per heavy atom. The van der Waals surface area contributed by atoms with Crippen LogP contribution in [0.3, 0.4) is 0 Å². The van der Waals surface area contributed by atoms with Gasteiger partial charge in [0, 0.05) is 36.7 Å². The van der Waals surface area contributed by atoms with Crippen LogP contribution in [0.25, 0.3) is 16.0 Å². The van der Waals surface area contributed by atoms with Crippen molar-refractivity contribution in [3.8, 4) is 16.9 Å². The molecule has 3 heterocycles. The Labute approximate surface area is 177 Å². The number of phenolic OH excluding ortho intramolecular Hbond substituents is 1. The van der Waals surface area contributed by atoms with E-state index in [1.54, 1.807) is 6.07 Å². The highest BCUT2D eigenvalue weighted by Crippen LogP contribution is 2.41. The molecule has 2 aliphatic rings. The standard InChI is InChI=1S/C20H20FN3O6S/c1-31(28,29)17-11-24(20(26)27)10-15-13(14-8-12(21)2-3-16(14)25)9-18(22-19(15)17)23-4-6-30-7-5-23/h2-3,8-9,11,25H,4-7,10H2,1H3,(H,26,27). The van der Waals surface area contributed by atoms with Crippen molar-refractivity contribution in [2.45, 2.75) is 6.54 Å². The second-order valence-corrected chi connectivity index (χ2v) is 9.28. The number of hydrogen-bond donors (Lipinski definition) is 2. The van der Waals surface area contributed by atoms with Gasteiger partial charge in [-0.3, -0.25) is 4.90 Å². The van der Waals surface area contributed by atoms with E-state index in [2.05, 4.69) is 4.98 Å². The van der Waals surface area contributed by atoms with Gasteiger partial charge in [0.05, 0.1) is 25.5 Å². The normalized spacial score (nSPS) is 16.6. The highest BCUT2D eigenvalue weighted by atomic mass is 32.2. The molecule has 31 heavy (non-hydrogen) atoms. The molecule has 1 amide bonds. The number of rotatable bonds is 3. The summed E-state index contributed by atoms with van der Waals surface area (Å²) >= 11 is 0. The van der Waals surface area contributed by atoms with Crippen molar-refractivity contribution in [3.05, 3.63) is 47.5 Å². The molecule has 164 valence electrons. The summed E-state index contributed by atoms with van der Waals surface area (Å²) in [5, 5.41) is 19.9. The highest BCUT2D eigenvalue weighted by molar-refractivity contribution is 8.00. The lowest BCUT2D eigenvalue weighted by Crippen LogP contribution is -2.37. The van der Waals surface area contributed by atoms with Gasteiger partial charge in [-0.15, -0.1) is 0 Å². The first-order chi connectivity index (χ1) is 14.6. The van der Waals surface area contributed by atoms with Crippen LogP contribution in [-0.4, -0.2) is 67.2 Å². The van der Waals surface area contributed by atoms with E-state index in [-0.39, 0.29) is 34.0 Å². The number of aromatic nitrogens is 1. The lowest BCUT2D eigenvalue weighted by Gasteiger charge is -2.31. The quantitative estimate of drug-likeness (QED) is 0.732. The number of anilines is 1. The van der Waals surface area contributed by atoms with E-state index in [0.717, 1.165) is 29.5 Å². The maximum atomic E-state index is 14.0. The predicted molar refractivity (Wildman–Crippen MR) is 111 cm³/mol. The van der Waals surface area contributed by atoms with E-state index in [9.17, 15) is 27.8 Å². The maximum absolute atomic E-state index is 14.0. The number of carboxylic acid groups (broad SMARTS) is 1. The summed E-state index contributed by atoms with van der Waals surface area (Å²) in [5.41, 5.74) is 0.781. The Bertz CT molecular complexity index is 1190. The number of aromatic hydroxyl groups is 1. The summed E-state index contributed by atoms with van der Waals surface area (Å²) in [6.45, 7) is 1.74. The number of phenols is 1. The molecule has 2 aliphatic heterocycles. The molecule has 0 bridgehead atoms. The molecule has 2 N–H and O–H groups in total. The first kappa shape index (κ1) is 21.1. The van der Waals surface area contributed by atoms with Gasteiger partial charge in [0.1, 0.15) is 22.3 Å². The van der Waals surface area contributed by atoms with Crippen LogP contribution in [0.2, 0.25) is 0 Å². The Morgan fingerprint density at radius 1 is 1.19 bits per heavy atom. The first-order valence-electron chi connectivity index (χ1n) is 9.42. The molecule has 0 atom stereocenters. The maximum Gasteiger partial charge on any atom is 0.411 e. The van der Waals surface area contributed by atoms with Crippen LogP contribution in [0.5, 0.6) is 5.75 Å². The topological polar surface area (TPSA) is 120 Å². The number of morpholine rings is 1. The second-order valence-electron chi connectivity index (χ2n) is 7.29. The number of fused-ring (bicyclic) bond motifs is 1. The number of nitrogens with zero attached hydrogens (tertiary/aromatic N) is 3. The molecule has 1 saturated heterocycles. The third kappa shape index (κ3) is 4.06. The van der Waals surface area contributed by atoms with Crippen molar-refractivity contribution >= 4 is 26.7 Å². The van der Waals surface area contributed by atoms with Gasteiger partial charge in [0.15, 0.2) is 9.84 Å². The fourth-order valence-corrected chi connectivity index (χ4v) is 4.49. The Kier molecular flexibility index (Phi) is 5.31. The summed E-state index contributed by atoms with van der Waals surface area (Å²) in [5.74, 6) is -0.393. The molecular formula is C20H20FN3O6S. The summed E-state index contributed by atoms with van der Waals surface area (Å²) < 4.78 is 44.4. The number of carbonyl (C=O) groups is 1. The van der Waals surface area contributed by atoms with Crippen molar-refractivity contribution in [1.29, 1.82) is 0 Å². The molecule has 2 aromatic rings. The number of amides is 1. The first-order valence-corrected chi connectivity index (χ1v) is 11.3. The molecule has 0 aliphatic carbocycles. The Balaban J connectivity index is 2.01. The largest absolute Gasteiger partial charge is 0.507 e.